The molecule has 0 aliphatic rings. The molecule has 0 fully saturated rings. The average molecular weight is 126 g/mol. The molecule has 40 valence electrons. The van der Waals surface area contributed by atoms with Gasteiger partial charge in [-0.05, 0) is 13.6 Å². The van der Waals surface area contributed by atoms with Crippen LogP contribution in [0.3, 0.4) is 0 Å². The first kappa shape index (κ1) is 15.8. The molecule has 1 nitrogen and oxygen atoms in total. The Balaban J connectivity index is -0.0000000800. The Morgan fingerprint density at radius 2 is 2.00 bits per heavy atom. The van der Waals surface area contributed by atoms with Crippen LogP contribution >= 0.6 is 0 Å². The van der Waals surface area contributed by atoms with E-state index < -0.39 is 0 Å². The van der Waals surface area contributed by atoms with E-state index in [9.17, 15) is 0 Å². The van der Waals surface area contributed by atoms with Crippen LogP contribution in [0.25, 0.3) is 0 Å². The molecule has 0 aromatic heterocycles. The summed E-state index contributed by atoms with van der Waals surface area (Å²) < 4.78 is 0. The second-order valence-electron chi connectivity index (χ2n) is 0.957. The molecule has 0 heterocycles. The van der Waals surface area contributed by atoms with Gasteiger partial charge in [-0.2, -0.15) is 6.42 Å². The first-order valence-electron chi connectivity index (χ1n) is 1.85. The van der Waals surface area contributed by atoms with E-state index in [0.717, 1.165) is 13.0 Å². The summed E-state index contributed by atoms with van der Waals surface area (Å²) in [4.78, 5) is 0. The summed E-state index contributed by atoms with van der Waals surface area (Å²) in [5.74, 6) is 0. The third-order valence-corrected chi connectivity index (χ3v) is 0.427. The summed E-state index contributed by atoms with van der Waals surface area (Å²) in [6.45, 7) is 4.64. The summed E-state index contributed by atoms with van der Waals surface area (Å²) >= 11 is 0. The fourth-order valence-electron chi connectivity index (χ4n) is 0.177. The van der Waals surface area contributed by atoms with Crippen molar-refractivity contribution in [2.75, 3.05) is 13.6 Å². The zero-order chi connectivity index (χ0) is 4.12. The van der Waals surface area contributed by atoms with Crippen LogP contribution in [0.4, 0.5) is 0 Å². The molecule has 0 aliphatic heterocycles. The SMILES string of the molecule is [CH2-]CCNC.[CH3-].[K+]. The standard InChI is InChI=1S/C4H10N.CH3.K/c1-3-4-5-2;;/h5H,1,3-4H2,2H3;1H3;/q2*-1;+1. The van der Waals surface area contributed by atoms with Gasteiger partial charge in [-0.15, -0.1) is 0 Å². The molecule has 0 spiro atoms. The predicted octanol–water partition coefficient (Wildman–Crippen LogP) is -2.12. The summed E-state index contributed by atoms with van der Waals surface area (Å²) in [7, 11) is 1.92. The van der Waals surface area contributed by atoms with Crippen molar-refractivity contribution in [1.29, 1.82) is 0 Å². The van der Waals surface area contributed by atoms with Gasteiger partial charge in [0.25, 0.3) is 0 Å². The maximum atomic E-state index is 3.61. The Morgan fingerprint density at radius 1 is 1.57 bits per heavy atom. The average Bonchev–Trinajstić information content (AvgIpc) is 1.41. The molecule has 7 heavy (non-hydrogen) atoms. The Morgan fingerprint density at radius 3 is 2.00 bits per heavy atom. The maximum absolute atomic E-state index is 3.61. The second kappa shape index (κ2) is 15.6. The van der Waals surface area contributed by atoms with Gasteiger partial charge in [0.05, 0.1) is 0 Å². The van der Waals surface area contributed by atoms with Crippen LogP contribution in [0.5, 0.6) is 0 Å². The molecule has 0 saturated heterocycles. The molecule has 0 amide bonds. The molecule has 1 N–H and O–H groups in total. The van der Waals surface area contributed by atoms with Gasteiger partial charge < -0.3 is 19.7 Å². The van der Waals surface area contributed by atoms with Crippen molar-refractivity contribution in [3.8, 4) is 0 Å². The van der Waals surface area contributed by atoms with Crippen molar-refractivity contribution >= 4 is 0 Å². The first-order valence-corrected chi connectivity index (χ1v) is 1.85. The predicted molar refractivity (Wildman–Crippen MR) is 30.3 cm³/mol. The summed E-state index contributed by atoms with van der Waals surface area (Å²) in [6, 6.07) is 0. The number of hydrogen-bond acceptors (Lipinski definition) is 1. The van der Waals surface area contributed by atoms with Gasteiger partial charge in [0, 0.05) is 0 Å². The monoisotopic (exact) mass is 126 g/mol. The fraction of sp³-hybridized carbons (Fsp3) is 0.600. The largest absolute Gasteiger partial charge is 1.00 e. The van der Waals surface area contributed by atoms with Crippen LogP contribution in [0.15, 0.2) is 0 Å². The molecule has 0 bridgehead atoms. The Labute approximate surface area is 89.7 Å². The third kappa shape index (κ3) is 18.4. The van der Waals surface area contributed by atoms with Gasteiger partial charge in [-0.3, -0.25) is 0 Å². The van der Waals surface area contributed by atoms with Crippen molar-refractivity contribution in [3.05, 3.63) is 14.4 Å². The molecule has 0 aromatic rings. The van der Waals surface area contributed by atoms with Gasteiger partial charge in [0.2, 0.25) is 0 Å². The molecular formula is C5H13KN-. The maximum Gasteiger partial charge on any atom is 1.00 e. The summed E-state index contributed by atoms with van der Waals surface area (Å²) in [6.07, 6.45) is 0.983. The van der Waals surface area contributed by atoms with Gasteiger partial charge >= 0.3 is 51.4 Å². The van der Waals surface area contributed by atoms with Crippen molar-refractivity contribution in [2.45, 2.75) is 6.42 Å². The van der Waals surface area contributed by atoms with E-state index in [4.69, 9.17) is 0 Å². The van der Waals surface area contributed by atoms with Gasteiger partial charge in [-0.1, -0.05) is 0 Å². The van der Waals surface area contributed by atoms with Gasteiger partial charge in [0.15, 0.2) is 0 Å². The fourth-order valence-corrected chi connectivity index (χ4v) is 0.177. The van der Waals surface area contributed by atoms with Gasteiger partial charge in [0.1, 0.15) is 0 Å². The van der Waals surface area contributed by atoms with Crippen LogP contribution in [0.1, 0.15) is 6.42 Å². The van der Waals surface area contributed by atoms with E-state index in [0.29, 0.717) is 0 Å². The molecule has 0 saturated carbocycles. The molecule has 0 atom stereocenters. The van der Waals surface area contributed by atoms with E-state index in [1.54, 1.807) is 0 Å². The normalized spacial score (nSPS) is 6.00. The molecular weight excluding hydrogens is 113 g/mol. The van der Waals surface area contributed by atoms with E-state index in [-0.39, 0.29) is 58.8 Å². The van der Waals surface area contributed by atoms with E-state index in [2.05, 4.69) is 12.2 Å². The minimum absolute atomic E-state index is 0. The van der Waals surface area contributed by atoms with Crippen LogP contribution in [-0.2, 0) is 0 Å². The second-order valence-corrected chi connectivity index (χ2v) is 0.957. The summed E-state index contributed by atoms with van der Waals surface area (Å²) in [5.41, 5.74) is 0. The zero-order valence-corrected chi connectivity index (χ0v) is 8.74. The minimum atomic E-state index is 0. The number of rotatable bonds is 2. The molecule has 0 aromatic carbocycles. The van der Waals surface area contributed by atoms with Crippen LogP contribution < -0.4 is 56.7 Å². The first-order chi connectivity index (χ1) is 2.41. The Hall–Kier alpha value is 1.60. The Kier molecular flexibility index (Phi) is 35.4. The van der Waals surface area contributed by atoms with Crippen molar-refractivity contribution < 1.29 is 51.4 Å². The molecule has 0 aliphatic carbocycles. The van der Waals surface area contributed by atoms with Crippen molar-refractivity contribution in [3.63, 3.8) is 0 Å². The minimum Gasteiger partial charge on any atom is -0.358 e. The topological polar surface area (TPSA) is 12.0 Å². The van der Waals surface area contributed by atoms with Crippen molar-refractivity contribution in [1.82, 2.24) is 5.32 Å². The molecule has 0 rings (SSSR count). The van der Waals surface area contributed by atoms with Gasteiger partial charge in [-0.25, -0.2) is 0 Å². The van der Waals surface area contributed by atoms with Crippen LogP contribution in [-0.4, -0.2) is 13.6 Å². The van der Waals surface area contributed by atoms with E-state index in [1.807, 2.05) is 7.05 Å². The Bertz CT molecular complexity index is 15.6. The molecule has 0 radical (unpaired) electrons. The zero-order valence-electron chi connectivity index (χ0n) is 5.62. The molecule has 0 unspecified atom stereocenters. The van der Waals surface area contributed by atoms with Crippen molar-refractivity contribution in [2.24, 2.45) is 0 Å². The summed E-state index contributed by atoms with van der Waals surface area (Å²) in [5, 5.41) is 2.95. The van der Waals surface area contributed by atoms with Crippen LogP contribution in [0.2, 0.25) is 0 Å². The van der Waals surface area contributed by atoms with Crippen LogP contribution in [0, 0.1) is 14.4 Å². The quantitative estimate of drug-likeness (QED) is 0.330. The number of hydrogen-bond donors (Lipinski definition) is 1. The van der Waals surface area contributed by atoms with E-state index >= 15 is 0 Å². The number of nitrogens with one attached hydrogen (secondary N) is 1. The van der Waals surface area contributed by atoms with E-state index in [1.165, 1.54) is 0 Å². The molecule has 2 heteroatoms. The smallest absolute Gasteiger partial charge is 0.358 e. The third-order valence-electron chi connectivity index (χ3n) is 0.427.